The third-order valence-corrected chi connectivity index (χ3v) is 5.77. The molecule has 4 aromatic rings. The van der Waals surface area contributed by atoms with E-state index in [0.717, 1.165) is 59.4 Å². The third kappa shape index (κ3) is 4.53. The van der Waals surface area contributed by atoms with Crippen molar-refractivity contribution < 1.29 is 9.53 Å². The Bertz CT molecular complexity index is 1240. The van der Waals surface area contributed by atoms with Crippen LogP contribution in [0.5, 0.6) is 5.75 Å². The monoisotopic (exact) mass is 427 g/mol. The summed E-state index contributed by atoms with van der Waals surface area (Å²) in [6, 6.07) is 11.4. The summed E-state index contributed by atoms with van der Waals surface area (Å²) in [7, 11) is 1.89. The smallest absolute Gasteiger partial charge is 0.168 e. The van der Waals surface area contributed by atoms with Gasteiger partial charge in [0.2, 0.25) is 0 Å². The minimum Gasteiger partial charge on any atom is -0.490 e. The molecule has 0 amide bonds. The van der Waals surface area contributed by atoms with Crippen LogP contribution < -0.4 is 10.1 Å². The Labute approximate surface area is 186 Å². The number of benzene rings is 1. The van der Waals surface area contributed by atoms with Gasteiger partial charge in [0.15, 0.2) is 5.78 Å². The van der Waals surface area contributed by atoms with Crippen LogP contribution in [-0.2, 0) is 13.5 Å². The van der Waals surface area contributed by atoms with Crippen molar-refractivity contribution >= 4 is 16.7 Å². The number of ether oxygens (including phenoxy) is 1. The van der Waals surface area contributed by atoms with Crippen LogP contribution in [0.4, 0.5) is 0 Å². The largest absolute Gasteiger partial charge is 0.490 e. The predicted octanol–water partition coefficient (Wildman–Crippen LogP) is 3.59. The summed E-state index contributed by atoms with van der Waals surface area (Å²) in [5.41, 5.74) is 4.17. The first kappa shape index (κ1) is 20.3. The topological polar surface area (TPSA) is 81.9 Å². The van der Waals surface area contributed by atoms with Crippen molar-refractivity contribution in [1.29, 1.82) is 0 Å². The van der Waals surface area contributed by atoms with Crippen molar-refractivity contribution in [3.63, 3.8) is 0 Å². The average molecular weight is 428 g/mol. The van der Waals surface area contributed by atoms with E-state index in [0.29, 0.717) is 5.56 Å². The van der Waals surface area contributed by atoms with Crippen LogP contribution >= 0.6 is 0 Å². The molecule has 32 heavy (non-hydrogen) atoms. The Hall–Kier alpha value is -3.58. The summed E-state index contributed by atoms with van der Waals surface area (Å²) in [6.45, 7) is 1.97. The molecule has 0 saturated carbocycles. The van der Waals surface area contributed by atoms with Crippen LogP contribution in [0.3, 0.4) is 0 Å². The first-order valence-corrected chi connectivity index (χ1v) is 10.9. The average Bonchev–Trinajstić information content (AvgIpc) is 3.26. The van der Waals surface area contributed by atoms with Crippen molar-refractivity contribution in [3.05, 3.63) is 72.4 Å². The molecule has 1 N–H and O–H groups in total. The maximum atomic E-state index is 12.8. The molecule has 1 aliphatic rings. The molecule has 162 valence electrons. The van der Waals surface area contributed by atoms with Crippen molar-refractivity contribution in [2.45, 2.75) is 25.4 Å². The Morgan fingerprint density at radius 3 is 2.62 bits per heavy atom. The molecule has 7 heteroatoms. The van der Waals surface area contributed by atoms with Crippen molar-refractivity contribution in [3.8, 4) is 16.9 Å². The molecule has 1 fully saturated rings. The number of pyridine rings is 2. The highest BCUT2D eigenvalue weighted by atomic mass is 16.5. The molecule has 1 aliphatic heterocycles. The Kier molecular flexibility index (Phi) is 5.64. The lowest BCUT2D eigenvalue weighted by Gasteiger charge is -2.23. The highest BCUT2D eigenvalue weighted by Crippen LogP contribution is 2.23. The minimum atomic E-state index is 0.0293. The van der Waals surface area contributed by atoms with Crippen molar-refractivity contribution in [1.82, 2.24) is 25.1 Å². The summed E-state index contributed by atoms with van der Waals surface area (Å²) in [6.07, 6.45) is 9.80. The zero-order chi connectivity index (χ0) is 21.9. The Morgan fingerprint density at radius 1 is 1.06 bits per heavy atom. The van der Waals surface area contributed by atoms with Crippen LogP contribution in [-0.4, -0.2) is 44.7 Å². The van der Waals surface area contributed by atoms with E-state index in [-0.39, 0.29) is 18.3 Å². The second kappa shape index (κ2) is 8.88. The maximum Gasteiger partial charge on any atom is 0.168 e. The number of piperidine rings is 1. The van der Waals surface area contributed by atoms with Gasteiger partial charge < -0.3 is 10.1 Å². The highest BCUT2D eigenvalue weighted by Gasteiger charge is 2.15. The van der Waals surface area contributed by atoms with E-state index in [9.17, 15) is 4.79 Å². The second-order valence-corrected chi connectivity index (χ2v) is 8.19. The molecule has 4 heterocycles. The molecule has 0 spiro atoms. The van der Waals surface area contributed by atoms with Gasteiger partial charge in [-0.25, -0.2) is 0 Å². The predicted molar refractivity (Wildman–Crippen MR) is 123 cm³/mol. The lowest BCUT2D eigenvalue weighted by atomic mass is 10.0. The normalized spacial score (nSPS) is 14.5. The van der Waals surface area contributed by atoms with Crippen LogP contribution in [0.25, 0.3) is 22.0 Å². The summed E-state index contributed by atoms with van der Waals surface area (Å²) >= 11 is 0. The van der Waals surface area contributed by atoms with E-state index in [2.05, 4.69) is 26.4 Å². The summed E-state index contributed by atoms with van der Waals surface area (Å²) in [4.78, 5) is 21.8. The Balaban J connectivity index is 1.29. The molecule has 0 unspecified atom stereocenters. The van der Waals surface area contributed by atoms with Gasteiger partial charge in [0.1, 0.15) is 11.9 Å². The Morgan fingerprint density at radius 2 is 1.88 bits per heavy atom. The first-order chi connectivity index (χ1) is 15.6. The molecule has 0 atom stereocenters. The van der Waals surface area contributed by atoms with Gasteiger partial charge in [0, 0.05) is 47.2 Å². The maximum absolute atomic E-state index is 12.8. The number of nitrogens with one attached hydrogen (secondary N) is 1. The molecular formula is C25H25N5O2. The summed E-state index contributed by atoms with van der Waals surface area (Å²) in [5, 5.41) is 8.51. The van der Waals surface area contributed by atoms with E-state index in [4.69, 9.17) is 4.74 Å². The SMILES string of the molecule is Cn1cc(-c2cnc3cnc(CC(=O)c4ccc(OC5CCNCC5)cc4)cc3c2)cn1. The zero-order valence-electron chi connectivity index (χ0n) is 18.0. The summed E-state index contributed by atoms with van der Waals surface area (Å²) in [5.74, 6) is 0.841. The quantitative estimate of drug-likeness (QED) is 0.474. The molecule has 1 saturated heterocycles. The molecular weight excluding hydrogens is 402 g/mol. The van der Waals surface area contributed by atoms with Crippen molar-refractivity contribution in [2.75, 3.05) is 13.1 Å². The second-order valence-electron chi connectivity index (χ2n) is 8.19. The number of carbonyl (C=O) groups is 1. The summed E-state index contributed by atoms with van der Waals surface area (Å²) < 4.78 is 7.79. The number of carbonyl (C=O) groups excluding carboxylic acids is 1. The number of aromatic nitrogens is 4. The number of rotatable bonds is 6. The van der Waals surface area contributed by atoms with Gasteiger partial charge in [-0.15, -0.1) is 0 Å². The van der Waals surface area contributed by atoms with Crippen molar-refractivity contribution in [2.24, 2.45) is 7.05 Å². The van der Waals surface area contributed by atoms with E-state index in [1.54, 1.807) is 10.9 Å². The fourth-order valence-corrected chi connectivity index (χ4v) is 3.99. The standard InChI is InChI=1S/C25H25N5O2/c1-30-16-20(14-29-30)19-10-18-11-21(27-15-24(18)28-13-19)12-25(31)17-2-4-22(5-3-17)32-23-6-8-26-9-7-23/h2-5,10-11,13-16,23,26H,6-9,12H2,1H3. The number of hydrogen-bond acceptors (Lipinski definition) is 6. The van der Waals surface area contributed by atoms with Gasteiger partial charge in [-0.1, -0.05) is 0 Å². The van der Waals surface area contributed by atoms with Crippen LogP contribution in [0, 0.1) is 0 Å². The fraction of sp³-hybridized carbons (Fsp3) is 0.280. The number of nitrogens with zero attached hydrogens (tertiary/aromatic N) is 4. The number of Topliss-reactive ketones (excluding diaryl/α,β-unsaturated/α-hetero) is 1. The minimum absolute atomic E-state index is 0.0293. The van der Waals surface area contributed by atoms with Gasteiger partial charge in [-0.05, 0) is 62.3 Å². The lowest BCUT2D eigenvalue weighted by Crippen LogP contribution is -2.34. The van der Waals surface area contributed by atoms with E-state index < -0.39 is 0 Å². The molecule has 0 aliphatic carbocycles. The number of aryl methyl sites for hydroxylation is 1. The zero-order valence-corrected chi connectivity index (χ0v) is 18.0. The van der Waals surface area contributed by atoms with Crippen LogP contribution in [0.2, 0.25) is 0 Å². The van der Waals surface area contributed by atoms with E-state index >= 15 is 0 Å². The molecule has 0 bridgehead atoms. The molecule has 0 radical (unpaired) electrons. The fourth-order valence-electron chi connectivity index (χ4n) is 3.99. The van der Waals surface area contributed by atoms with Crippen LogP contribution in [0.1, 0.15) is 28.9 Å². The van der Waals surface area contributed by atoms with E-state index in [1.165, 1.54) is 0 Å². The van der Waals surface area contributed by atoms with Gasteiger partial charge in [0.25, 0.3) is 0 Å². The molecule has 7 nitrogen and oxygen atoms in total. The first-order valence-electron chi connectivity index (χ1n) is 10.9. The van der Waals surface area contributed by atoms with E-state index in [1.807, 2.05) is 56.0 Å². The molecule has 3 aromatic heterocycles. The number of hydrogen-bond donors (Lipinski definition) is 1. The number of ketones is 1. The lowest BCUT2D eigenvalue weighted by molar-refractivity contribution is 0.0992. The molecule has 5 rings (SSSR count). The van der Waals surface area contributed by atoms with Gasteiger partial charge in [-0.2, -0.15) is 5.10 Å². The van der Waals surface area contributed by atoms with Gasteiger partial charge in [0.05, 0.1) is 24.3 Å². The van der Waals surface area contributed by atoms with Gasteiger partial charge >= 0.3 is 0 Å². The number of fused-ring (bicyclic) bond motifs is 1. The van der Waals surface area contributed by atoms with Gasteiger partial charge in [-0.3, -0.25) is 19.4 Å². The van der Waals surface area contributed by atoms with Crippen LogP contribution in [0.15, 0.2) is 61.2 Å². The highest BCUT2D eigenvalue weighted by molar-refractivity contribution is 5.97. The third-order valence-electron chi connectivity index (χ3n) is 5.77. The molecule has 1 aromatic carbocycles.